The standard InChI is InChI=1S/C12H15N5.C8H12N2O2/c1-8(2)17-6-9(4-3-5-13)10-11(14)15-7-16-12(10)17;1-5(2)10-4-6(3)7(11)9-8(10)12/h6-8H,5,13H2,1-2H3,(H2,14,15,16);4-5H,1-3H3,(H,9,11,12). The first-order valence-corrected chi connectivity index (χ1v) is 9.29. The zero-order valence-electron chi connectivity index (χ0n) is 17.4. The Hall–Kier alpha value is -3.38. The van der Waals surface area contributed by atoms with Gasteiger partial charge in [-0.25, -0.2) is 14.8 Å². The fourth-order valence-corrected chi connectivity index (χ4v) is 2.71. The van der Waals surface area contributed by atoms with Crippen LogP contribution in [-0.2, 0) is 0 Å². The van der Waals surface area contributed by atoms with Crippen LogP contribution in [0.25, 0.3) is 11.0 Å². The molecule has 0 spiro atoms. The summed E-state index contributed by atoms with van der Waals surface area (Å²) < 4.78 is 3.53. The van der Waals surface area contributed by atoms with E-state index in [0.29, 0.717) is 24.0 Å². The number of hydrogen-bond donors (Lipinski definition) is 3. The highest BCUT2D eigenvalue weighted by Gasteiger charge is 2.13. The van der Waals surface area contributed by atoms with Gasteiger partial charge in [0.1, 0.15) is 17.8 Å². The number of aromatic amines is 1. The van der Waals surface area contributed by atoms with Gasteiger partial charge in [0.15, 0.2) is 0 Å². The fourth-order valence-electron chi connectivity index (χ4n) is 2.71. The largest absolute Gasteiger partial charge is 0.383 e. The van der Waals surface area contributed by atoms with E-state index < -0.39 is 0 Å². The zero-order chi connectivity index (χ0) is 21.7. The van der Waals surface area contributed by atoms with Gasteiger partial charge in [0.2, 0.25) is 0 Å². The average molecular weight is 397 g/mol. The minimum Gasteiger partial charge on any atom is -0.383 e. The summed E-state index contributed by atoms with van der Waals surface area (Å²) in [6.45, 7) is 9.94. The Morgan fingerprint density at radius 2 is 1.76 bits per heavy atom. The van der Waals surface area contributed by atoms with Crippen LogP contribution in [0.4, 0.5) is 5.82 Å². The summed E-state index contributed by atoms with van der Waals surface area (Å²) in [7, 11) is 0. The molecule has 3 rings (SSSR count). The Morgan fingerprint density at radius 1 is 1.10 bits per heavy atom. The molecule has 0 aliphatic carbocycles. The van der Waals surface area contributed by atoms with Crippen LogP contribution in [0.2, 0.25) is 0 Å². The minimum atomic E-state index is -0.347. The highest BCUT2D eigenvalue weighted by Crippen LogP contribution is 2.25. The van der Waals surface area contributed by atoms with E-state index in [9.17, 15) is 9.59 Å². The third-order valence-corrected chi connectivity index (χ3v) is 4.22. The molecule has 3 aromatic heterocycles. The summed E-state index contributed by atoms with van der Waals surface area (Å²) in [6.07, 6.45) is 4.99. The van der Waals surface area contributed by atoms with Gasteiger partial charge in [-0.2, -0.15) is 0 Å². The van der Waals surface area contributed by atoms with E-state index in [0.717, 1.165) is 16.6 Å². The normalized spacial score (nSPS) is 10.6. The first kappa shape index (κ1) is 21.9. The summed E-state index contributed by atoms with van der Waals surface area (Å²) in [5, 5.41) is 0.808. The van der Waals surface area contributed by atoms with Gasteiger partial charge in [0.25, 0.3) is 5.56 Å². The maximum absolute atomic E-state index is 11.1. The van der Waals surface area contributed by atoms with E-state index in [1.165, 1.54) is 10.9 Å². The molecule has 0 aliphatic heterocycles. The zero-order valence-corrected chi connectivity index (χ0v) is 17.4. The molecule has 0 saturated heterocycles. The lowest BCUT2D eigenvalue weighted by molar-refractivity contribution is 0.558. The molecule has 9 heteroatoms. The molecule has 3 aromatic rings. The molecule has 154 valence electrons. The van der Waals surface area contributed by atoms with Crippen molar-refractivity contribution in [3.05, 3.63) is 50.7 Å². The molecule has 3 heterocycles. The van der Waals surface area contributed by atoms with Crippen LogP contribution < -0.4 is 22.7 Å². The molecular weight excluding hydrogens is 370 g/mol. The van der Waals surface area contributed by atoms with Crippen molar-refractivity contribution < 1.29 is 0 Å². The number of anilines is 1. The fraction of sp³-hybridized carbons (Fsp3) is 0.400. The SMILES string of the molecule is CC(C)n1cc(C#CCN)c2c(N)ncnc21.Cc1cn(C(C)C)c(=O)[nH]c1=O. The first-order valence-electron chi connectivity index (χ1n) is 9.29. The number of fused-ring (bicyclic) bond motifs is 1. The van der Waals surface area contributed by atoms with Crippen LogP contribution in [0.1, 0.15) is 50.9 Å². The number of nitrogen functional groups attached to an aromatic ring is 1. The van der Waals surface area contributed by atoms with Crippen LogP contribution >= 0.6 is 0 Å². The van der Waals surface area contributed by atoms with Crippen LogP contribution in [0.5, 0.6) is 0 Å². The summed E-state index contributed by atoms with van der Waals surface area (Å²) in [5.41, 5.74) is 12.8. The summed E-state index contributed by atoms with van der Waals surface area (Å²) in [4.78, 5) is 32.6. The molecule has 5 N–H and O–H groups in total. The summed E-state index contributed by atoms with van der Waals surface area (Å²) in [6, 6.07) is 0.369. The van der Waals surface area contributed by atoms with Gasteiger partial charge in [0, 0.05) is 30.0 Å². The Labute approximate surface area is 168 Å². The Balaban J connectivity index is 0.000000221. The first-order chi connectivity index (χ1) is 13.7. The Morgan fingerprint density at radius 3 is 2.34 bits per heavy atom. The molecule has 0 saturated carbocycles. The smallest absolute Gasteiger partial charge is 0.328 e. The Bertz CT molecular complexity index is 1170. The van der Waals surface area contributed by atoms with E-state index in [1.807, 2.05) is 24.6 Å². The van der Waals surface area contributed by atoms with Crippen molar-refractivity contribution >= 4 is 16.9 Å². The van der Waals surface area contributed by atoms with Crippen molar-refractivity contribution in [2.45, 2.75) is 46.7 Å². The number of nitrogens with two attached hydrogens (primary N) is 2. The monoisotopic (exact) mass is 397 g/mol. The van der Waals surface area contributed by atoms with Crippen LogP contribution in [0.3, 0.4) is 0 Å². The van der Waals surface area contributed by atoms with Gasteiger partial charge < -0.3 is 16.0 Å². The second-order valence-corrected chi connectivity index (χ2v) is 7.08. The van der Waals surface area contributed by atoms with E-state index in [-0.39, 0.29) is 17.3 Å². The second kappa shape index (κ2) is 9.21. The minimum absolute atomic E-state index is 0.0769. The molecule has 0 bridgehead atoms. The number of aryl methyl sites for hydroxylation is 1. The van der Waals surface area contributed by atoms with Gasteiger partial charge in [-0.05, 0) is 34.6 Å². The average Bonchev–Trinajstić information content (AvgIpc) is 3.03. The van der Waals surface area contributed by atoms with Crippen molar-refractivity contribution in [1.29, 1.82) is 0 Å². The molecule has 9 nitrogen and oxygen atoms in total. The number of aromatic nitrogens is 5. The quantitative estimate of drug-likeness (QED) is 0.558. The van der Waals surface area contributed by atoms with Gasteiger partial charge >= 0.3 is 5.69 Å². The van der Waals surface area contributed by atoms with E-state index in [2.05, 4.69) is 40.6 Å². The van der Waals surface area contributed by atoms with Gasteiger partial charge in [-0.1, -0.05) is 11.8 Å². The lowest BCUT2D eigenvalue weighted by Crippen LogP contribution is -2.31. The molecular formula is C20H27N7O2. The maximum atomic E-state index is 11.1. The predicted molar refractivity (Wildman–Crippen MR) is 115 cm³/mol. The molecule has 0 aromatic carbocycles. The Kier molecular flexibility index (Phi) is 6.96. The lowest BCUT2D eigenvalue weighted by Gasteiger charge is -2.08. The number of rotatable bonds is 2. The van der Waals surface area contributed by atoms with E-state index in [1.54, 1.807) is 13.1 Å². The third kappa shape index (κ3) is 4.92. The number of nitrogens with one attached hydrogen (secondary N) is 1. The summed E-state index contributed by atoms with van der Waals surface area (Å²) in [5.74, 6) is 6.29. The molecule has 0 fully saturated rings. The number of nitrogens with zero attached hydrogens (tertiary/aromatic N) is 4. The van der Waals surface area contributed by atoms with Crippen molar-refractivity contribution in [3.63, 3.8) is 0 Å². The van der Waals surface area contributed by atoms with Crippen LogP contribution in [-0.4, -0.2) is 30.6 Å². The topological polar surface area (TPSA) is 138 Å². The van der Waals surface area contributed by atoms with Crippen LogP contribution in [0.15, 0.2) is 28.3 Å². The molecule has 0 atom stereocenters. The van der Waals surface area contributed by atoms with Crippen molar-refractivity contribution in [2.75, 3.05) is 12.3 Å². The van der Waals surface area contributed by atoms with Gasteiger partial charge in [0.05, 0.1) is 17.5 Å². The molecule has 0 amide bonds. The molecule has 0 radical (unpaired) electrons. The third-order valence-electron chi connectivity index (χ3n) is 4.22. The molecule has 0 unspecified atom stereocenters. The van der Waals surface area contributed by atoms with Crippen LogP contribution in [0, 0.1) is 18.8 Å². The highest BCUT2D eigenvalue weighted by atomic mass is 16.2. The predicted octanol–water partition coefficient (Wildman–Crippen LogP) is 1.33. The second-order valence-electron chi connectivity index (χ2n) is 7.08. The number of hydrogen-bond acceptors (Lipinski definition) is 6. The van der Waals surface area contributed by atoms with Gasteiger partial charge in [-0.15, -0.1) is 0 Å². The van der Waals surface area contributed by atoms with E-state index >= 15 is 0 Å². The molecule has 0 aliphatic rings. The molecule has 29 heavy (non-hydrogen) atoms. The van der Waals surface area contributed by atoms with Gasteiger partial charge in [-0.3, -0.25) is 14.3 Å². The number of H-pyrrole nitrogens is 1. The lowest BCUT2D eigenvalue weighted by atomic mass is 10.2. The maximum Gasteiger partial charge on any atom is 0.328 e. The van der Waals surface area contributed by atoms with E-state index in [4.69, 9.17) is 11.5 Å². The van der Waals surface area contributed by atoms with Crippen molar-refractivity contribution in [1.82, 2.24) is 24.1 Å². The highest BCUT2D eigenvalue weighted by molar-refractivity contribution is 5.92. The summed E-state index contributed by atoms with van der Waals surface area (Å²) >= 11 is 0. The van der Waals surface area contributed by atoms with Crippen molar-refractivity contribution in [3.8, 4) is 11.8 Å². The van der Waals surface area contributed by atoms with Crippen molar-refractivity contribution in [2.24, 2.45) is 5.73 Å².